The van der Waals surface area contributed by atoms with Crippen LogP contribution < -0.4 is 0 Å². The van der Waals surface area contributed by atoms with Gasteiger partial charge in [-0.05, 0) is 49.4 Å². The van der Waals surface area contributed by atoms with Crippen molar-refractivity contribution in [1.82, 2.24) is 4.90 Å². The van der Waals surface area contributed by atoms with Crippen LogP contribution in [0.2, 0.25) is 0 Å². The molecule has 2 heteroatoms. The first kappa shape index (κ1) is 11.5. The van der Waals surface area contributed by atoms with E-state index in [0.717, 1.165) is 37.8 Å². The van der Waals surface area contributed by atoms with Crippen LogP contribution in [0.4, 0.5) is 0 Å². The van der Waals surface area contributed by atoms with Crippen molar-refractivity contribution < 1.29 is 4.74 Å². The second-order valence-electron chi connectivity index (χ2n) is 7.43. The van der Waals surface area contributed by atoms with Gasteiger partial charge in [-0.2, -0.15) is 0 Å². The van der Waals surface area contributed by atoms with Gasteiger partial charge in [-0.15, -0.1) is 0 Å². The Labute approximate surface area is 110 Å². The van der Waals surface area contributed by atoms with Crippen molar-refractivity contribution in [3.8, 4) is 0 Å². The molecule has 1 heterocycles. The Balaban J connectivity index is 1.38. The molecular weight excluding hydrogens is 222 g/mol. The third-order valence-electron chi connectivity index (χ3n) is 5.92. The number of nitrogens with zero attached hydrogens (tertiary/aromatic N) is 1. The molecule has 1 saturated heterocycles. The fourth-order valence-electron chi connectivity index (χ4n) is 5.21. The van der Waals surface area contributed by atoms with Crippen LogP contribution in [0.3, 0.4) is 0 Å². The fraction of sp³-hybridized carbons (Fsp3) is 0.875. The first-order chi connectivity index (χ1) is 8.69. The summed E-state index contributed by atoms with van der Waals surface area (Å²) in [6.45, 7) is 6.65. The number of rotatable bonds is 2. The molecule has 100 valence electrons. The van der Waals surface area contributed by atoms with E-state index < -0.39 is 0 Å². The summed E-state index contributed by atoms with van der Waals surface area (Å²) in [5.41, 5.74) is 3.28. The van der Waals surface area contributed by atoms with Crippen LogP contribution in [0.1, 0.15) is 45.4 Å². The molecule has 2 bridgehead atoms. The molecule has 1 unspecified atom stereocenters. The summed E-state index contributed by atoms with van der Waals surface area (Å²) in [7, 11) is 0. The fourth-order valence-corrected chi connectivity index (χ4v) is 5.21. The molecule has 3 saturated carbocycles. The van der Waals surface area contributed by atoms with Crippen molar-refractivity contribution in [2.75, 3.05) is 26.3 Å². The highest BCUT2D eigenvalue weighted by molar-refractivity contribution is 5.32. The SMILES string of the molecule is CC12CC(C3=CCC(N4CCOCC4)CC3)(C1)C2. The van der Waals surface area contributed by atoms with Gasteiger partial charge in [0.25, 0.3) is 0 Å². The molecule has 4 aliphatic carbocycles. The first-order valence-electron chi connectivity index (χ1n) is 7.71. The van der Waals surface area contributed by atoms with Gasteiger partial charge in [-0.3, -0.25) is 4.90 Å². The summed E-state index contributed by atoms with van der Waals surface area (Å²) in [6.07, 6.45) is 11.2. The van der Waals surface area contributed by atoms with Crippen LogP contribution in [0.25, 0.3) is 0 Å². The highest BCUT2D eigenvalue weighted by Crippen LogP contribution is 2.76. The van der Waals surface area contributed by atoms with Crippen molar-refractivity contribution >= 4 is 0 Å². The molecule has 0 amide bonds. The normalized spacial score (nSPS) is 48.1. The zero-order chi connectivity index (χ0) is 12.2. The van der Waals surface area contributed by atoms with Gasteiger partial charge in [-0.25, -0.2) is 0 Å². The van der Waals surface area contributed by atoms with Crippen LogP contribution in [-0.2, 0) is 4.74 Å². The van der Waals surface area contributed by atoms with Gasteiger partial charge in [0.05, 0.1) is 13.2 Å². The van der Waals surface area contributed by atoms with E-state index >= 15 is 0 Å². The molecule has 2 nitrogen and oxygen atoms in total. The molecule has 1 atom stereocenters. The Morgan fingerprint density at radius 1 is 1.22 bits per heavy atom. The van der Waals surface area contributed by atoms with E-state index in [4.69, 9.17) is 4.74 Å². The number of hydrogen-bond donors (Lipinski definition) is 0. The second-order valence-corrected chi connectivity index (χ2v) is 7.43. The zero-order valence-electron chi connectivity index (χ0n) is 11.6. The Hall–Kier alpha value is -0.340. The molecular formula is C16H25NO. The van der Waals surface area contributed by atoms with Gasteiger partial charge in [0.1, 0.15) is 0 Å². The Morgan fingerprint density at radius 3 is 2.50 bits per heavy atom. The minimum atomic E-state index is 0.699. The van der Waals surface area contributed by atoms with Crippen molar-refractivity contribution in [2.45, 2.75) is 51.5 Å². The lowest BCUT2D eigenvalue weighted by molar-refractivity contribution is -0.165. The van der Waals surface area contributed by atoms with Crippen LogP contribution in [0.5, 0.6) is 0 Å². The largest absolute Gasteiger partial charge is 0.379 e. The number of allylic oxidation sites excluding steroid dienone is 1. The molecule has 1 aliphatic heterocycles. The number of morpholine rings is 1. The third-order valence-corrected chi connectivity index (χ3v) is 5.92. The third kappa shape index (κ3) is 1.61. The van der Waals surface area contributed by atoms with Gasteiger partial charge >= 0.3 is 0 Å². The maximum Gasteiger partial charge on any atom is 0.0594 e. The van der Waals surface area contributed by atoms with Crippen LogP contribution in [0, 0.1) is 10.8 Å². The average molecular weight is 247 g/mol. The maximum atomic E-state index is 5.45. The van der Waals surface area contributed by atoms with E-state index in [-0.39, 0.29) is 0 Å². The highest BCUT2D eigenvalue weighted by atomic mass is 16.5. The molecule has 0 spiro atoms. The Bertz CT molecular complexity index is 361. The molecule has 5 rings (SSSR count). The lowest BCUT2D eigenvalue weighted by Crippen LogP contribution is -2.61. The number of ether oxygens (including phenoxy) is 1. The summed E-state index contributed by atoms with van der Waals surface area (Å²) < 4.78 is 5.45. The van der Waals surface area contributed by atoms with Gasteiger partial charge in [0.2, 0.25) is 0 Å². The summed E-state index contributed by atoms with van der Waals surface area (Å²) in [4.78, 5) is 2.65. The van der Waals surface area contributed by atoms with E-state index in [9.17, 15) is 0 Å². The Kier molecular flexibility index (Phi) is 2.44. The summed E-state index contributed by atoms with van der Waals surface area (Å²) in [5, 5.41) is 0. The van der Waals surface area contributed by atoms with Crippen molar-refractivity contribution in [3.63, 3.8) is 0 Å². The first-order valence-corrected chi connectivity index (χ1v) is 7.71. The maximum absolute atomic E-state index is 5.45. The predicted octanol–water partition coefficient (Wildman–Crippen LogP) is 2.99. The van der Waals surface area contributed by atoms with E-state index in [1.165, 1.54) is 38.5 Å². The molecule has 18 heavy (non-hydrogen) atoms. The zero-order valence-corrected chi connectivity index (χ0v) is 11.6. The van der Waals surface area contributed by atoms with E-state index in [1.54, 1.807) is 0 Å². The van der Waals surface area contributed by atoms with Crippen molar-refractivity contribution in [3.05, 3.63) is 11.6 Å². The minimum Gasteiger partial charge on any atom is -0.379 e. The number of hydrogen-bond acceptors (Lipinski definition) is 2. The van der Waals surface area contributed by atoms with Crippen LogP contribution >= 0.6 is 0 Å². The van der Waals surface area contributed by atoms with E-state index in [2.05, 4.69) is 17.9 Å². The van der Waals surface area contributed by atoms with Gasteiger partial charge < -0.3 is 4.74 Å². The average Bonchev–Trinajstić information content (AvgIpc) is 2.35. The van der Waals surface area contributed by atoms with Crippen LogP contribution in [-0.4, -0.2) is 37.2 Å². The monoisotopic (exact) mass is 247 g/mol. The summed E-state index contributed by atoms with van der Waals surface area (Å²) in [5.74, 6) is 0. The second kappa shape index (κ2) is 3.83. The molecule has 5 aliphatic rings. The van der Waals surface area contributed by atoms with Crippen molar-refractivity contribution in [1.29, 1.82) is 0 Å². The van der Waals surface area contributed by atoms with Gasteiger partial charge in [-0.1, -0.05) is 18.6 Å². The molecule has 0 aromatic heterocycles. The highest BCUT2D eigenvalue weighted by Gasteiger charge is 2.65. The predicted molar refractivity (Wildman–Crippen MR) is 72.5 cm³/mol. The quantitative estimate of drug-likeness (QED) is 0.696. The summed E-state index contributed by atoms with van der Waals surface area (Å²) in [6, 6.07) is 0.806. The van der Waals surface area contributed by atoms with Crippen molar-refractivity contribution in [2.24, 2.45) is 10.8 Å². The lowest BCUT2D eigenvalue weighted by Gasteiger charge is -2.71. The molecule has 0 N–H and O–H groups in total. The molecule has 0 aromatic carbocycles. The van der Waals surface area contributed by atoms with E-state index in [1.807, 2.05) is 5.57 Å². The smallest absolute Gasteiger partial charge is 0.0594 e. The molecule has 0 radical (unpaired) electrons. The van der Waals surface area contributed by atoms with Crippen LogP contribution in [0.15, 0.2) is 11.6 Å². The molecule has 0 aromatic rings. The van der Waals surface area contributed by atoms with Gasteiger partial charge in [0.15, 0.2) is 0 Å². The lowest BCUT2D eigenvalue weighted by atomic mass is 9.33. The molecule has 4 fully saturated rings. The topological polar surface area (TPSA) is 12.5 Å². The van der Waals surface area contributed by atoms with Gasteiger partial charge in [0, 0.05) is 19.1 Å². The minimum absolute atomic E-state index is 0.699. The standard InChI is InChI=1S/C16H25NO/c1-15-10-16(11-15,12-15)13-2-4-14(5-3-13)17-6-8-18-9-7-17/h2,14H,3-12H2,1H3. The van der Waals surface area contributed by atoms with E-state index in [0.29, 0.717) is 5.41 Å². The summed E-state index contributed by atoms with van der Waals surface area (Å²) >= 11 is 0. The Morgan fingerprint density at radius 2 is 1.94 bits per heavy atom.